The zero-order valence-electron chi connectivity index (χ0n) is 14.6. The van der Waals surface area contributed by atoms with Gasteiger partial charge in [-0.25, -0.2) is 4.98 Å². The average Bonchev–Trinajstić information content (AvgIpc) is 2.60. The van der Waals surface area contributed by atoms with Crippen LogP contribution in [0.25, 0.3) is 10.9 Å². The van der Waals surface area contributed by atoms with E-state index in [1.807, 2.05) is 19.9 Å². The third-order valence-corrected chi connectivity index (χ3v) is 3.81. The van der Waals surface area contributed by atoms with Crippen LogP contribution in [-0.2, 0) is 16.1 Å². The number of aromatic nitrogens is 2. The number of para-hydroxylation sites is 1. The summed E-state index contributed by atoms with van der Waals surface area (Å²) in [5.74, 6) is -0.192. The average molecular weight is 344 g/mol. The van der Waals surface area contributed by atoms with Crippen molar-refractivity contribution in [2.24, 2.45) is 5.92 Å². The van der Waals surface area contributed by atoms with Gasteiger partial charge in [-0.15, -0.1) is 0 Å². The molecular formula is C18H24N4O3. The topological polar surface area (TPSA) is 93.1 Å². The fourth-order valence-corrected chi connectivity index (χ4v) is 2.36. The second-order valence-electron chi connectivity index (χ2n) is 6.16. The van der Waals surface area contributed by atoms with Crippen molar-refractivity contribution in [1.29, 1.82) is 0 Å². The summed E-state index contributed by atoms with van der Waals surface area (Å²) in [7, 11) is 0. The molecule has 0 saturated carbocycles. The quantitative estimate of drug-likeness (QED) is 0.701. The predicted molar refractivity (Wildman–Crippen MR) is 96.1 cm³/mol. The Labute approximate surface area is 146 Å². The van der Waals surface area contributed by atoms with Gasteiger partial charge in [0.25, 0.3) is 5.56 Å². The number of benzene rings is 1. The van der Waals surface area contributed by atoms with Crippen LogP contribution in [-0.4, -0.2) is 34.5 Å². The standard InChI is InChI=1S/C18H24N4O3/c1-13(2)17(24)20-10-9-19-16(23)8-5-11-22-12-21-15-7-4-3-6-14(15)18(22)25/h3-4,6-7,12-13H,5,8-11H2,1-2H3,(H,19,23)(H,20,24). The van der Waals surface area contributed by atoms with E-state index in [-0.39, 0.29) is 23.3 Å². The van der Waals surface area contributed by atoms with E-state index in [0.717, 1.165) is 0 Å². The number of carbonyl (C=O) groups is 2. The Morgan fingerprint density at radius 3 is 2.64 bits per heavy atom. The molecule has 0 spiro atoms. The second-order valence-corrected chi connectivity index (χ2v) is 6.16. The molecule has 134 valence electrons. The van der Waals surface area contributed by atoms with Gasteiger partial charge in [0, 0.05) is 32.0 Å². The molecule has 2 amide bonds. The van der Waals surface area contributed by atoms with E-state index >= 15 is 0 Å². The summed E-state index contributed by atoms with van der Waals surface area (Å²) in [6, 6.07) is 7.19. The van der Waals surface area contributed by atoms with Crippen molar-refractivity contribution < 1.29 is 9.59 Å². The van der Waals surface area contributed by atoms with E-state index in [2.05, 4.69) is 15.6 Å². The van der Waals surface area contributed by atoms with Crippen molar-refractivity contribution in [2.45, 2.75) is 33.2 Å². The van der Waals surface area contributed by atoms with Crippen LogP contribution in [0.3, 0.4) is 0 Å². The summed E-state index contributed by atoms with van der Waals surface area (Å²) < 4.78 is 1.53. The summed E-state index contributed by atoms with van der Waals surface area (Å²) in [5.41, 5.74) is 0.576. The smallest absolute Gasteiger partial charge is 0.261 e. The first-order chi connectivity index (χ1) is 12.0. The Morgan fingerprint density at radius 2 is 1.88 bits per heavy atom. The monoisotopic (exact) mass is 344 g/mol. The highest BCUT2D eigenvalue weighted by Crippen LogP contribution is 2.05. The largest absolute Gasteiger partial charge is 0.354 e. The minimum atomic E-state index is -0.0967. The van der Waals surface area contributed by atoms with Crippen molar-refractivity contribution >= 4 is 22.7 Å². The molecule has 0 bridgehead atoms. The van der Waals surface area contributed by atoms with Gasteiger partial charge in [-0.05, 0) is 18.6 Å². The van der Waals surface area contributed by atoms with Crippen molar-refractivity contribution in [3.8, 4) is 0 Å². The van der Waals surface area contributed by atoms with Crippen LogP contribution < -0.4 is 16.2 Å². The van der Waals surface area contributed by atoms with Gasteiger partial charge in [-0.2, -0.15) is 0 Å². The fourth-order valence-electron chi connectivity index (χ4n) is 2.36. The molecule has 25 heavy (non-hydrogen) atoms. The SMILES string of the molecule is CC(C)C(=O)NCCNC(=O)CCCn1cnc2ccccc2c1=O. The third kappa shape index (κ3) is 5.41. The molecule has 2 rings (SSSR count). The number of nitrogens with one attached hydrogen (secondary N) is 2. The van der Waals surface area contributed by atoms with Gasteiger partial charge < -0.3 is 10.6 Å². The molecule has 7 heteroatoms. The number of hydrogen-bond acceptors (Lipinski definition) is 4. The number of nitrogens with zero attached hydrogens (tertiary/aromatic N) is 2. The fraction of sp³-hybridized carbons (Fsp3) is 0.444. The molecule has 0 aliphatic heterocycles. The summed E-state index contributed by atoms with van der Waals surface area (Å²) in [6.45, 7) is 4.88. The van der Waals surface area contributed by atoms with Gasteiger partial charge in [0.05, 0.1) is 17.2 Å². The highest BCUT2D eigenvalue weighted by molar-refractivity contribution is 5.78. The number of fused-ring (bicyclic) bond motifs is 1. The Bertz CT molecular complexity index is 798. The summed E-state index contributed by atoms with van der Waals surface area (Å²) in [6.07, 6.45) is 2.38. The Balaban J connectivity index is 1.74. The van der Waals surface area contributed by atoms with E-state index in [0.29, 0.717) is 43.4 Å². The van der Waals surface area contributed by atoms with Crippen LogP contribution in [0.15, 0.2) is 35.4 Å². The molecular weight excluding hydrogens is 320 g/mol. The van der Waals surface area contributed by atoms with Gasteiger partial charge in [0.2, 0.25) is 11.8 Å². The molecule has 0 aliphatic rings. The first kappa shape index (κ1) is 18.6. The lowest BCUT2D eigenvalue weighted by atomic mass is 10.2. The normalized spacial score (nSPS) is 10.8. The maximum atomic E-state index is 12.3. The first-order valence-electron chi connectivity index (χ1n) is 8.47. The number of hydrogen-bond donors (Lipinski definition) is 2. The minimum Gasteiger partial charge on any atom is -0.354 e. The first-order valence-corrected chi connectivity index (χ1v) is 8.47. The molecule has 0 fully saturated rings. The summed E-state index contributed by atoms with van der Waals surface area (Å²) in [5, 5.41) is 6.07. The van der Waals surface area contributed by atoms with Crippen molar-refractivity contribution in [3.63, 3.8) is 0 Å². The highest BCUT2D eigenvalue weighted by Gasteiger charge is 2.07. The van der Waals surface area contributed by atoms with Gasteiger partial charge in [0.1, 0.15) is 0 Å². The van der Waals surface area contributed by atoms with Gasteiger partial charge in [-0.3, -0.25) is 19.0 Å². The van der Waals surface area contributed by atoms with Crippen molar-refractivity contribution in [2.75, 3.05) is 13.1 Å². The lowest BCUT2D eigenvalue weighted by Crippen LogP contribution is -2.36. The summed E-state index contributed by atoms with van der Waals surface area (Å²) >= 11 is 0. The van der Waals surface area contributed by atoms with Gasteiger partial charge >= 0.3 is 0 Å². The molecule has 1 aromatic carbocycles. The molecule has 7 nitrogen and oxygen atoms in total. The van der Waals surface area contributed by atoms with Crippen LogP contribution in [0.5, 0.6) is 0 Å². The highest BCUT2D eigenvalue weighted by atomic mass is 16.2. The lowest BCUT2D eigenvalue weighted by Gasteiger charge is -2.09. The van der Waals surface area contributed by atoms with E-state index in [9.17, 15) is 14.4 Å². The Morgan fingerprint density at radius 1 is 1.16 bits per heavy atom. The van der Waals surface area contributed by atoms with Crippen LogP contribution in [0.2, 0.25) is 0 Å². The molecule has 0 unspecified atom stereocenters. The Kier molecular flexibility index (Phi) is 6.68. The van der Waals surface area contributed by atoms with Crippen LogP contribution in [0.1, 0.15) is 26.7 Å². The van der Waals surface area contributed by atoms with Gasteiger partial charge in [-0.1, -0.05) is 26.0 Å². The molecule has 0 atom stereocenters. The zero-order chi connectivity index (χ0) is 18.2. The predicted octanol–water partition coefficient (Wildman–Crippen LogP) is 1.07. The third-order valence-electron chi connectivity index (χ3n) is 3.81. The zero-order valence-corrected chi connectivity index (χ0v) is 14.6. The maximum absolute atomic E-state index is 12.3. The number of rotatable bonds is 8. The molecule has 1 heterocycles. The number of aryl methyl sites for hydroxylation is 1. The van der Waals surface area contributed by atoms with Crippen LogP contribution >= 0.6 is 0 Å². The lowest BCUT2D eigenvalue weighted by molar-refractivity contribution is -0.124. The minimum absolute atomic E-state index is 0.0302. The Hall–Kier alpha value is -2.70. The number of amides is 2. The number of carbonyl (C=O) groups excluding carboxylic acids is 2. The van der Waals surface area contributed by atoms with E-state index < -0.39 is 0 Å². The van der Waals surface area contributed by atoms with Crippen LogP contribution in [0, 0.1) is 5.92 Å². The molecule has 0 radical (unpaired) electrons. The van der Waals surface area contributed by atoms with Crippen molar-refractivity contribution in [1.82, 2.24) is 20.2 Å². The molecule has 1 aromatic heterocycles. The molecule has 2 aromatic rings. The molecule has 0 aliphatic carbocycles. The second kappa shape index (κ2) is 8.96. The van der Waals surface area contributed by atoms with E-state index in [1.54, 1.807) is 18.2 Å². The van der Waals surface area contributed by atoms with Crippen molar-refractivity contribution in [3.05, 3.63) is 40.9 Å². The van der Waals surface area contributed by atoms with E-state index in [4.69, 9.17) is 0 Å². The van der Waals surface area contributed by atoms with Gasteiger partial charge in [0.15, 0.2) is 0 Å². The molecule has 2 N–H and O–H groups in total. The maximum Gasteiger partial charge on any atom is 0.261 e. The van der Waals surface area contributed by atoms with E-state index in [1.165, 1.54) is 10.9 Å². The summed E-state index contributed by atoms with van der Waals surface area (Å²) in [4.78, 5) is 39.7. The van der Waals surface area contributed by atoms with Crippen LogP contribution in [0.4, 0.5) is 0 Å². The molecule has 0 saturated heterocycles.